The van der Waals surface area contributed by atoms with Crippen LogP contribution < -0.4 is 11.1 Å². The molecule has 5 heteroatoms. The topological polar surface area (TPSA) is 47.3 Å². The molecule has 0 saturated carbocycles. The molecule has 3 N–H and O–H groups in total. The predicted molar refractivity (Wildman–Crippen MR) is 67.9 cm³/mol. The van der Waals surface area contributed by atoms with Crippen molar-refractivity contribution < 1.29 is 13.5 Å². The third kappa shape index (κ3) is 2.90. The number of nitrogens with one attached hydrogen (secondary N) is 1. The molecule has 18 heavy (non-hydrogen) atoms. The number of hydrogen-bond donors (Lipinski definition) is 2. The van der Waals surface area contributed by atoms with Crippen molar-refractivity contribution in [3.05, 3.63) is 23.8 Å². The quantitative estimate of drug-likeness (QED) is 0.813. The maximum atomic E-state index is 12.9. The summed E-state index contributed by atoms with van der Waals surface area (Å²) in [7, 11) is 0. The first-order valence-electron chi connectivity index (χ1n) is 6.13. The van der Waals surface area contributed by atoms with Crippen LogP contribution in [0.2, 0.25) is 0 Å². The Labute approximate surface area is 105 Å². The van der Waals surface area contributed by atoms with Gasteiger partial charge in [0.05, 0.1) is 6.10 Å². The van der Waals surface area contributed by atoms with E-state index in [1.165, 1.54) is 6.07 Å². The van der Waals surface area contributed by atoms with E-state index < -0.39 is 6.43 Å². The van der Waals surface area contributed by atoms with E-state index in [0.717, 1.165) is 19.4 Å². The van der Waals surface area contributed by atoms with E-state index >= 15 is 0 Å². The van der Waals surface area contributed by atoms with Gasteiger partial charge in [0.25, 0.3) is 6.43 Å². The number of alkyl halides is 2. The van der Waals surface area contributed by atoms with E-state index in [9.17, 15) is 8.78 Å². The van der Waals surface area contributed by atoms with Gasteiger partial charge in [0.15, 0.2) is 0 Å². The SMILES string of the molecule is CC(Nc1ccc(N)cc1C(F)F)C1CCCO1. The summed E-state index contributed by atoms with van der Waals surface area (Å²) < 4.78 is 31.4. The van der Waals surface area contributed by atoms with Crippen molar-refractivity contribution >= 4 is 11.4 Å². The number of anilines is 2. The van der Waals surface area contributed by atoms with Gasteiger partial charge in [-0.1, -0.05) is 0 Å². The summed E-state index contributed by atoms with van der Waals surface area (Å²) in [5, 5.41) is 3.10. The molecule has 1 saturated heterocycles. The zero-order valence-corrected chi connectivity index (χ0v) is 10.3. The van der Waals surface area contributed by atoms with Gasteiger partial charge in [-0.25, -0.2) is 8.78 Å². The number of ether oxygens (including phenoxy) is 1. The molecular formula is C13H18F2N2O. The van der Waals surface area contributed by atoms with Crippen LogP contribution in [0.1, 0.15) is 31.8 Å². The van der Waals surface area contributed by atoms with Crippen molar-refractivity contribution in [1.29, 1.82) is 0 Å². The normalized spacial score (nSPS) is 21.2. The molecule has 1 aromatic carbocycles. The van der Waals surface area contributed by atoms with Gasteiger partial charge in [-0.2, -0.15) is 0 Å². The van der Waals surface area contributed by atoms with Crippen molar-refractivity contribution in [3.8, 4) is 0 Å². The summed E-state index contributed by atoms with van der Waals surface area (Å²) in [6, 6.07) is 4.54. The van der Waals surface area contributed by atoms with Crippen molar-refractivity contribution in [2.75, 3.05) is 17.7 Å². The summed E-state index contributed by atoms with van der Waals surface area (Å²) in [5.74, 6) is 0. The highest BCUT2D eigenvalue weighted by molar-refractivity contribution is 5.59. The highest BCUT2D eigenvalue weighted by atomic mass is 19.3. The third-order valence-corrected chi connectivity index (χ3v) is 3.22. The summed E-state index contributed by atoms with van der Waals surface area (Å²) in [4.78, 5) is 0. The second-order valence-corrected chi connectivity index (χ2v) is 4.63. The molecule has 0 radical (unpaired) electrons. The highest BCUT2D eigenvalue weighted by Crippen LogP contribution is 2.30. The first-order chi connectivity index (χ1) is 8.58. The van der Waals surface area contributed by atoms with Crippen LogP contribution in [-0.4, -0.2) is 18.8 Å². The van der Waals surface area contributed by atoms with E-state index in [0.29, 0.717) is 11.4 Å². The molecule has 100 valence electrons. The molecule has 0 aliphatic carbocycles. The average molecular weight is 256 g/mol. The Morgan fingerprint density at radius 1 is 1.44 bits per heavy atom. The summed E-state index contributed by atoms with van der Waals surface area (Å²) in [5.41, 5.74) is 6.26. The maximum Gasteiger partial charge on any atom is 0.265 e. The number of hydrogen-bond acceptors (Lipinski definition) is 3. The zero-order chi connectivity index (χ0) is 13.1. The van der Waals surface area contributed by atoms with Gasteiger partial charge < -0.3 is 15.8 Å². The summed E-state index contributed by atoms with van der Waals surface area (Å²) in [6.45, 7) is 2.70. The van der Waals surface area contributed by atoms with Crippen LogP contribution in [0.5, 0.6) is 0 Å². The second-order valence-electron chi connectivity index (χ2n) is 4.63. The minimum atomic E-state index is -2.53. The molecule has 0 bridgehead atoms. The van der Waals surface area contributed by atoms with Gasteiger partial charge >= 0.3 is 0 Å². The first-order valence-corrected chi connectivity index (χ1v) is 6.13. The molecule has 2 atom stereocenters. The Morgan fingerprint density at radius 3 is 2.83 bits per heavy atom. The Hall–Kier alpha value is -1.36. The Bertz CT molecular complexity index is 406. The van der Waals surface area contributed by atoms with Crippen molar-refractivity contribution in [3.63, 3.8) is 0 Å². The molecule has 1 fully saturated rings. The molecule has 1 aromatic rings. The second kappa shape index (κ2) is 5.52. The highest BCUT2D eigenvalue weighted by Gasteiger charge is 2.23. The number of rotatable bonds is 4. The van der Waals surface area contributed by atoms with Crippen LogP contribution in [0.4, 0.5) is 20.2 Å². The minimum absolute atomic E-state index is 0.00799. The Balaban J connectivity index is 2.12. The van der Waals surface area contributed by atoms with E-state index in [4.69, 9.17) is 10.5 Å². The molecule has 0 aromatic heterocycles. The lowest BCUT2D eigenvalue weighted by molar-refractivity contribution is 0.0994. The predicted octanol–water partition coefficient (Wildman–Crippen LogP) is 3.19. The van der Waals surface area contributed by atoms with Crippen LogP contribution in [0.15, 0.2) is 18.2 Å². The standard InChI is InChI=1S/C13H18F2N2O/c1-8(12-3-2-6-18-12)17-11-5-4-9(16)7-10(11)13(14)15/h4-5,7-8,12-13,17H,2-3,6,16H2,1H3. The minimum Gasteiger partial charge on any atom is -0.399 e. The fourth-order valence-electron chi connectivity index (χ4n) is 2.23. The van der Waals surface area contributed by atoms with Gasteiger partial charge in [0.2, 0.25) is 0 Å². The maximum absolute atomic E-state index is 12.9. The van der Waals surface area contributed by atoms with Gasteiger partial charge in [-0.15, -0.1) is 0 Å². The molecule has 3 nitrogen and oxygen atoms in total. The van der Waals surface area contributed by atoms with E-state index in [1.54, 1.807) is 12.1 Å². The third-order valence-electron chi connectivity index (χ3n) is 3.22. The lowest BCUT2D eigenvalue weighted by Gasteiger charge is -2.23. The molecule has 1 aliphatic heterocycles. The van der Waals surface area contributed by atoms with Gasteiger partial charge in [-0.05, 0) is 38.0 Å². The molecular weight excluding hydrogens is 238 g/mol. The lowest BCUT2D eigenvalue weighted by Crippen LogP contribution is -2.30. The van der Waals surface area contributed by atoms with Crippen molar-refractivity contribution in [2.45, 2.75) is 38.3 Å². The number of benzene rings is 1. The fraction of sp³-hybridized carbons (Fsp3) is 0.538. The summed E-state index contributed by atoms with van der Waals surface area (Å²) in [6.07, 6.45) is -0.450. The lowest BCUT2D eigenvalue weighted by atomic mass is 10.1. The monoisotopic (exact) mass is 256 g/mol. The van der Waals surface area contributed by atoms with Gasteiger partial charge in [0.1, 0.15) is 0 Å². The summed E-state index contributed by atoms with van der Waals surface area (Å²) >= 11 is 0. The molecule has 0 spiro atoms. The van der Waals surface area contributed by atoms with E-state index in [-0.39, 0.29) is 17.7 Å². The van der Waals surface area contributed by atoms with Crippen LogP contribution in [0, 0.1) is 0 Å². The number of nitrogen functional groups attached to an aromatic ring is 1. The first kappa shape index (κ1) is 13.1. The zero-order valence-electron chi connectivity index (χ0n) is 10.3. The Kier molecular flexibility index (Phi) is 4.01. The molecule has 2 rings (SSSR count). The largest absolute Gasteiger partial charge is 0.399 e. The van der Waals surface area contributed by atoms with E-state index in [2.05, 4.69) is 5.32 Å². The molecule has 2 unspecified atom stereocenters. The van der Waals surface area contributed by atoms with Crippen molar-refractivity contribution in [2.24, 2.45) is 0 Å². The van der Waals surface area contributed by atoms with Crippen LogP contribution in [0.3, 0.4) is 0 Å². The molecule has 0 amide bonds. The van der Waals surface area contributed by atoms with Gasteiger partial charge in [0, 0.05) is 29.6 Å². The number of nitrogens with two attached hydrogens (primary N) is 1. The van der Waals surface area contributed by atoms with Crippen LogP contribution >= 0.6 is 0 Å². The average Bonchev–Trinajstić information content (AvgIpc) is 2.84. The smallest absolute Gasteiger partial charge is 0.265 e. The van der Waals surface area contributed by atoms with Gasteiger partial charge in [-0.3, -0.25) is 0 Å². The molecule has 1 aliphatic rings. The Morgan fingerprint density at radius 2 is 2.22 bits per heavy atom. The van der Waals surface area contributed by atoms with Crippen molar-refractivity contribution in [1.82, 2.24) is 0 Å². The van der Waals surface area contributed by atoms with Crippen LogP contribution in [-0.2, 0) is 4.74 Å². The molecule has 1 heterocycles. The van der Waals surface area contributed by atoms with Crippen LogP contribution in [0.25, 0.3) is 0 Å². The van der Waals surface area contributed by atoms with E-state index in [1.807, 2.05) is 6.92 Å². The fourth-order valence-corrected chi connectivity index (χ4v) is 2.23. The number of halogens is 2.